The number of benzene rings is 1. The van der Waals surface area contributed by atoms with Crippen molar-refractivity contribution < 1.29 is 12.8 Å². The minimum atomic E-state index is -3.71. The van der Waals surface area contributed by atoms with Crippen LogP contribution >= 0.6 is 12.4 Å². The Labute approximate surface area is 125 Å². The Morgan fingerprint density at radius 1 is 1.30 bits per heavy atom. The van der Waals surface area contributed by atoms with Gasteiger partial charge in [-0.15, -0.1) is 12.4 Å². The molecule has 4 nitrogen and oxygen atoms in total. The highest BCUT2D eigenvalue weighted by molar-refractivity contribution is 7.89. The van der Waals surface area contributed by atoms with Gasteiger partial charge in [0.15, 0.2) is 0 Å². The molecule has 0 unspecified atom stereocenters. The van der Waals surface area contributed by atoms with Crippen LogP contribution in [0.3, 0.4) is 0 Å². The fourth-order valence-electron chi connectivity index (χ4n) is 2.34. The Kier molecular flexibility index (Phi) is 5.94. The molecule has 1 aliphatic rings. The summed E-state index contributed by atoms with van der Waals surface area (Å²) in [5.74, 6) is -0.671. The Hall–Kier alpha value is -0.690. The first-order chi connectivity index (χ1) is 8.95. The van der Waals surface area contributed by atoms with Crippen LogP contribution in [-0.4, -0.2) is 38.9 Å². The fourth-order valence-corrected chi connectivity index (χ4v) is 3.85. The van der Waals surface area contributed by atoms with Crippen molar-refractivity contribution in [3.05, 3.63) is 29.6 Å². The van der Waals surface area contributed by atoms with Gasteiger partial charge in [0.2, 0.25) is 10.0 Å². The molecule has 1 aromatic carbocycles. The van der Waals surface area contributed by atoms with Gasteiger partial charge in [-0.3, -0.25) is 0 Å². The number of piperidine rings is 1. The zero-order valence-corrected chi connectivity index (χ0v) is 13.2. The highest BCUT2D eigenvalue weighted by Crippen LogP contribution is 2.23. The van der Waals surface area contributed by atoms with Crippen LogP contribution in [0, 0.1) is 12.7 Å². The number of hydrogen-bond donors (Lipinski definition) is 1. The molecule has 0 aliphatic carbocycles. The van der Waals surface area contributed by atoms with E-state index in [2.05, 4.69) is 5.32 Å². The Morgan fingerprint density at radius 2 is 1.90 bits per heavy atom. The molecule has 1 fully saturated rings. The smallest absolute Gasteiger partial charge is 0.245 e. The normalized spacial score (nSPS) is 17.8. The van der Waals surface area contributed by atoms with E-state index in [1.807, 2.05) is 7.05 Å². The second kappa shape index (κ2) is 6.85. The van der Waals surface area contributed by atoms with E-state index in [1.165, 1.54) is 16.4 Å². The van der Waals surface area contributed by atoms with Gasteiger partial charge in [0.25, 0.3) is 0 Å². The summed E-state index contributed by atoms with van der Waals surface area (Å²) in [5, 5.41) is 3.14. The minimum absolute atomic E-state index is 0. The molecule has 1 saturated heterocycles. The molecule has 114 valence electrons. The maximum absolute atomic E-state index is 13.8. The van der Waals surface area contributed by atoms with Crippen molar-refractivity contribution in [1.82, 2.24) is 9.62 Å². The lowest BCUT2D eigenvalue weighted by Gasteiger charge is -2.31. The molecule has 0 spiro atoms. The van der Waals surface area contributed by atoms with E-state index in [4.69, 9.17) is 0 Å². The lowest BCUT2D eigenvalue weighted by Crippen LogP contribution is -2.44. The summed E-state index contributed by atoms with van der Waals surface area (Å²) in [7, 11) is -1.84. The third kappa shape index (κ3) is 3.49. The third-order valence-corrected chi connectivity index (χ3v) is 5.50. The maximum Gasteiger partial charge on any atom is 0.245 e. The fraction of sp³-hybridized carbons (Fsp3) is 0.538. The van der Waals surface area contributed by atoms with Crippen LogP contribution in [0.2, 0.25) is 0 Å². The van der Waals surface area contributed by atoms with Crippen molar-refractivity contribution in [3.8, 4) is 0 Å². The summed E-state index contributed by atoms with van der Waals surface area (Å²) in [6, 6.07) is 4.57. The SMILES string of the molecule is CNC1CCN(S(=O)(=O)c2ccc(C)cc2F)CC1.Cl. The van der Waals surface area contributed by atoms with E-state index in [-0.39, 0.29) is 17.3 Å². The summed E-state index contributed by atoms with van der Waals surface area (Å²) in [6.45, 7) is 2.60. The van der Waals surface area contributed by atoms with Crippen LogP contribution < -0.4 is 5.32 Å². The van der Waals surface area contributed by atoms with Gasteiger partial charge in [0, 0.05) is 19.1 Å². The minimum Gasteiger partial charge on any atom is -0.317 e. The van der Waals surface area contributed by atoms with Crippen molar-refractivity contribution in [2.24, 2.45) is 0 Å². The Balaban J connectivity index is 0.00000200. The summed E-state index contributed by atoms with van der Waals surface area (Å²) in [6.07, 6.45) is 1.51. The van der Waals surface area contributed by atoms with Gasteiger partial charge in [-0.1, -0.05) is 6.07 Å². The van der Waals surface area contributed by atoms with Crippen LogP contribution in [0.25, 0.3) is 0 Å². The van der Waals surface area contributed by atoms with Crippen molar-refractivity contribution >= 4 is 22.4 Å². The first-order valence-corrected chi connectivity index (χ1v) is 7.82. The molecule has 1 N–H and O–H groups in total. The molecule has 20 heavy (non-hydrogen) atoms. The van der Waals surface area contributed by atoms with E-state index in [0.717, 1.165) is 12.8 Å². The number of rotatable bonds is 3. The topological polar surface area (TPSA) is 49.4 Å². The zero-order valence-electron chi connectivity index (χ0n) is 11.6. The molecule has 1 aromatic rings. The van der Waals surface area contributed by atoms with Crippen LogP contribution in [0.5, 0.6) is 0 Å². The highest BCUT2D eigenvalue weighted by atomic mass is 35.5. The summed E-state index contributed by atoms with van der Waals surface area (Å²) in [4.78, 5) is -0.221. The maximum atomic E-state index is 13.8. The number of hydrogen-bond acceptors (Lipinski definition) is 3. The summed E-state index contributed by atoms with van der Waals surface area (Å²) in [5.41, 5.74) is 0.713. The molecule has 0 radical (unpaired) electrons. The predicted octanol–water partition coefficient (Wildman–Crippen LogP) is 1.93. The summed E-state index contributed by atoms with van der Waals surface area (Å²) < 4.78 is 40.0. The molecular formula is C13H20ClFN2O2S. The molecule has 1 aliphatic heterocycles. The lowest BCUT2D eigenvalue weighted by molar-refractivity contribution is 0.297. The van der Waals surface area contributed by atoms with Gasteiger partial charge in [-0.25, -0.2) is 12.8 Å². The second-order valence-electron chi connectivity index (χ2n) is 4.90. The average molecular weight is 323 g/mol. The van der Waals surface area contributed by atoms with Crippen molar-refractivity contribution in [1.29, 1.82) is 0 Å². The largest absolute Gasteiger partial charge is 0.317 e. The number of nitrogens with zero attached hydrogens (tertiary/aromatic N) is 1. The van der Waals surface area contributed by atoms with Gasteiger partial charge in [-0.2, -0.15) is 4.31 Å². The molecule has 0 saturated carbocycles. The number of nitrogens with one attached hydrogen (secondary N) is 1. The van der Waals surface area contributed by atoms with E-state index >= 15 is 0 Å². The van der Waals surface area contributed by atoms with Crippen molar-refractivity contribution in [2.75, 3.05) is 20.1 Å². The number of halogens is 2. The van der Waals surface area contributed by atoms with Crippen LogP contribution in [0.1, 0.15) is 18.4 Å². The molecule has 7 heteroatoms. The predicted molar refractivity (Wildman–Crippen MR) is 79.2 cm³/mol. The Bertz CT molecular complexity index is 557. The molecular weight excluding hydrogens is 303 g/mol. The van der Waals surface area contributed by atoms with Gasteiger partial charge < -0.3 is 5.32 Å². The number of sulfonamides is 1. The monoisotopic (exact) mass is 322 g/mol. The highest BCUT2D eigenvalue weighted by Gasteiger charge is 2.30. The van der Waals surface area contributed by atoms with Crippen molar-refractivity contribution in [2.45, 2.75) is 30.7 Å². The van der Waals surface area contributed by atoms with E-state index < -0.39 is 15.8 Å². The standard InChI is InChI=1S/C13H19FN2O2S.ClH/c1-10-3-4-13(12(14)9-10)19(17,18)16-7-5-11(15-2)6-8-16;/h3-4,9,11,15H,5-8H2,1-2H3;1H. The zero-order chi connectivity index (χ0) is 14.0. The third-order valence-electron chi connectivity index (χ3n) is 3.57. The van der Waals surface area contributed by atoms with Gasteiger partial charge >= 0.3 is 0 Å². The van der Waals surface area contributed by atoms with Crippen LogP contribution in [0.4, 0.5) is 4.39 Å². The second-order valence-corrected chi connectivity index (χ2v) is 6.81. The van der Waals surface area contributed by atoms with E-state index in [1.54, 1.807) is 13.0 Å². The molecule has 0 atom stereocenters. The summed E-state index contributed by atoms with van der Waals surface area (Å²) >= 11 is 0. The first kappa shape index (κ1) is 17.4. The first-order valence-electron chi connectivity index (χ1n) is 6.38. The van der Waals surface area contributed by atoms with E-state index in [9.17, 15) is 12.8 Å². The van der Waals surface area contributed by atoms with Gasteiger partial charge in [-0.05, 0) is 44.5 Å². The molecule has 2 rings (SSSR count). The Morgan fingerprint density at radius 3 is 2.40 bits per heavy atom. The van der Waals surface area contributed by atoms with E-state index in [0.29, 0.717) is 24.7 Å². The van der Waals surface area contributed by atoms with Gasteiger partial charge in [0.1, 0.15) is 10.7 Å². The van der Waals surface area contributed by atoms with Crippen molar-refractivity contribution in [3.63, 3.8) is 0 Å². The number of aryl methyl sites for hydroxylation is 1. The molecule has 1 heterocycles. The average Bonchev–Trinajstić information content (AvgIpc) is 2.38. The quantitative estimate of drug-likeness (QED) is 0.925. The van der Waals surface area contributed by atoms with Crippen LogP contribution in [-0.2, 0) is 10.0 Å². The van der Waals surface area contributed by atoms with Crippen LogP contribution in [0.15, 0.2) is 23.1 Å². The molecule has 0 bridgehead atoms. The molecule has 0 amide bonds. The van der Waals surface area contributed by atoms with Gasteiger partial charge in [0.05, 0.1) is 0 Å². The lowest BCUT2D eigenvalue weighted by atomic mass is 10.1. The molecule has 0 aromatic heterocycles.